The zero-order valence-corrected chi connectivity index (χ0v) is 19.3. The highest BCUT2D eigenvalue weighted by molar-refractivity contribution is 6.30. The topological polar surface area (TPSA) is 126 Å². The van der Waals surface area contributed by atoms with Gasteiger partial charge in [0, 0.05) is 31.0 Å². The fraction of sp³-hybridized carbons (Fsp3) is 0.261. The van der Waals surface area contributed by atoms with Crippen LogP contribution in [0.2, 0.25) is 5.02 Å². The van der Waals surface area contributed by atoms with Crippen molar-refractivity contribution in [3.63, 3.8) is 0 Å². The Hall–Kier alpha value is -3.43. The fourth-order valence-electron chi connectivity index (χ4n) is 2.91. The van der Waals surface area contributed by atoms with E-state index in [0.717, 1.165) is 23.1 Å². The first-order valence-corrected chi connectivity index (χ1v) is 10.7. The number of benzene rings is 2. The highest BCUT2D eigenvalue weighted by atomic mass is 35.5. The number of nitrogens with one attached hydrogen (secondary N) is 2. The number of aliphatic imine (C=N–C) groups is 1. The molecule has 1 unspecified atom stereocenters. The summed E-state index contributed by atoms with van der Waals surface area (Å²) in [6.45, 7) is 2.29. The number of aryl methyl sites for hydroxylation is 1. The summed E-state index contributed by atoms with van der Waals surface area (Å²) >= 11 is 5.68. The monoisotopic (exact) mass is 474 g/mol. The van der Waals surface area contributed by atoms with Gasteiger partial charge in [0.15, 0.2) is 0 Å². The number of halogens is 2. The Bertz CT molecular complexity index is 1030. The van der Waals surface area contributed by atoms with Gasteiger partial charge in [-0.3, -0.25) is 14.6 Å². The third-order valence-corrected chi connectivity index (χ3v) is 4.97. The Morgan fingerprint density at radius 3 is 2.55 bits per heavy atom. The molecule has 0 saturated carbocycles. The lowest BCUT2D eigenvalue weighted by molar-refractivity contribution is -0.117. The van der Waals surface area contributed by atoms with E-state index < -0.39 is 23.7 Å². The van der Waals surface area contributed by atoms with E-state index in [9.17, 15) is 14.0 Å². The van der Waals surface area contributed by atoms with Gasteiger partial charge in [-0.15, -0.1) is 0 Å². The van der Waals surface area contributed by atoms with Gasteiger partial charge in [0.1, 0.15) is 11.5 Å². The van der Waals surface area contributed by atoms with Gasteiger partial charge in [-0.1, -0.05) is 42.8 Å². The lowest BCUT2D eigenvalue weighted by Gasteiger charge is -2.18. The number of carbonyl (C=O) groups is 2. The Morgan fingerprint density at radius 1 is 1.24 bits per heavy atom. The number of nitrogens with two attached hydrogens (primary N) is 2. The minimum atomic E-state index is -0.722. The number of rotatable bonds is 10. The molecule has 0 saturated heterocycles. The molecule has 1 atom stereocenters. The van der Waals surface area contributed by atoms with Crippen molar-refractivity contribution in [2.75, 3.05) is 20.1 Å². The first-order chi connectivity index (χ1) is 15.7. The second-order valence-electron chi connectivity index (χ2n) is 7.16. The minimum Gasteiger partial charge on any atom is -0.393 e. The first kappa shape index (κ1) is 25.8. The normalized spacial score (nSPS) is 12.5. The Labute approximate surface area is 197 Å². The van der Waals surface area contributed by atoms with Crippen molar-refractivity contribution < 1.29 is 14.0 Å². The third-order valence-electron chi connectivity index (χ3n) is 4.73. The van der Waals surface area contributed by atoms with E-state index in [0.29, 0.717) is 0 Å². The highest BCUT2D eigenvalue weighted by Gasteiger charge is 2.15. The number of carbonyl (C=O) groups excluding carboxylic acids is 2. The molecule has 0 aliphatic carbocycles. The smallest absolute Gasteiger partial charge is 0.269 e. The number of amides is 2. The molecule has 0 fully saturated rings. The Morgan fingerprint density at radius 2 is 1.94 bits per heavy atom. The molecule has 2 amide bonds. The maximum atomic E-state index is 13.8. The van der Waals surface area contributed by atoms with Crippen molar-refractivity contribution in [1.29, 1.82) is 0 Å². The molecule has 2 rings (SSSR count). The summed E-state index contributed by atoms with van der Waals surface area (Å²) in [7, 11) is 1.62. The molecular weight excluding hydrogens is 447 g/mol. The van der Waals surface area contributed by atoms with Crippen LogP contribution in [0.25, 0.3) is 0 Å². The molecule has 0 radical (unpaired) electrons. The highest BCUT2D eigenvalue weighted by Crippen LogP contribution is 2.15. The zero-order valence-electron chi connectivity index (χ0n) is 18.5. The largest absolute Gasteiger partial charge is 0.393 e. The minimum absolute atomic E-state index is 0.0949. The van der Waals surface area contributed by atoms with Crippen molar-refractivity contribution in [2.24, 2.45) is 16.6 Å². The maximum Gasteiger partial charge on any atom is 0.269 e. The van der Waals surface area contributed by atoms with Crippen molar-refractivity contribution in [3.8, 4) is 0 Å². The van der Waals surface area contributed by atoms with Gasteiger partial charge in [-0.2, -0.15) is 0 Å². The quantitative estimate of drug-likeness (QED) is 0.182. The van der Waals surface area contributed by atoms with Crippen LogP contribution in [0, 0.1) is 5.82 Å². The molecule has 0 aliphatic rings. The fourth-order valence-corrected chi connectivity index (χ4v) is 3.07. The van der Waals surface area contributed by atoms with Gasteiger partial charge in [-0.05, 0) is 35.7 Å². The van der Waals surface area contributed by atoms with Gasteiger partial charge < -0.3 is 21.4 Å². The van der Waals surface area contributed by atoms with Crippen LogP contribution in [-0.2, 0) is 11.2 Å². The summed E-state index contributed by atoms with van der Waals surface area (Å²) in [5, 5.41) is 6.69. The third kappa shape index (κ3) is 7.89. The SMILES string of the molecule is CCc1ccc(C(C=NC)NC(=O)/C(N)=C/N(N)CCNC(=O)c2ccc(Cl)cc2F)cc1. The molecule has 6 N–H and O–H groups in total. The Balaban J connectivity index is 1.91. The van der Waals surface area contributed by atoms with Gasteiger partial charge in [0.25, 0.3) is 11.8 Å². The van der Waals surface area contributed by atoms with E-state index in [4.69, 9.17) is 23.2 Å². The standard InChI is InChI=1S/C23H28ClFN6O2/c1-3-15-4-6-16(7-5-15)21(13-28-2)30-23(33)20(26)14-31(27)11-10-29-22(32)18-9-8-17(24)12-19(18)25/h4-9,12-14,21H,3,10-11,26-27H2,1-2H3,(H,29,32)(H,30,33)/b20-14-,28-13?. The van der Waals surface area contributed by atoms with Crippen LogP contribution >= 0.6 is 11.6 Å². The van der Waals surface area contributed by atoms with Crippen LogP contribution in [0.4, 0.5) is 4.39 Å². The maximum absolute atomic E-state index is 13.8. The summed E-state index contributed by atoms with van der Waals surface area (Å²) in [5.74, 6) is 3.99. The van der Waals surface area contributed by atoms with Gasteiger partial charge in [-0.25, -0.2) is 10.2 Å². The predicted molar refractivity (Wildman–Crippen MR) is 128 cm³/mol. The van der Waals surface area contributed by atoms with Crippen LogP contribution in [0.5, 0.6) is 0 Å². The molecule has 33 heavy (non-hydrogen) atoms. The van der Waals surface area contributed by atoms with Crippen molar-refractivity contribution in [2.45, 2.75) is 19.4 Å². The van der Waals surface area contributed by atoms with Crippen LogP contribution in [0.1, 0.15) is 34.5 Å². The van der Waals surface area contributed by atoms with Crippen molar-refractivity contribution in [3.05, 3.63) is 81.9 Å². The lowest BCUT2D eigenvalue weighted by Crippen LogP contribution is -2.38. The number of nitrogens with zero attached hydrogens (tertiary/aromatic N) is 2. The number of hydrazine groups is 1. The van der Waals surface area contributed by atoms with Gasteiger partial charge >= 0.3 is 0 Å². The van der Waals surface area contributed by atoms with E-state index in [1.165, 1.54) is 23.9 Å². The molecule has 2 aromatic carbocycles. The van der Waals surface area contributed by atoms with Crippen molar-refractivity contribution in [1.82, 2.24) is 15.6 Å². The van der Waals surface area contributed by atoms with Crippen molar-refractivity contribution >= 4 is 29.6 Å². The molecule has 0 heterocycles. The molecule has 10 heteroatoms. The van der Waals surface area contributed by atoms with E-state index >= 15 is 0 Å². The Kier molecular flexibility index (Phi) is 9.84. The summed E-state index contributed by atoms with van der Waals surface area (Å²) in [6, 6.07) is 11.1. The molecule has 176 valence electrons. The second kappa shape index (κ2) is 12.6. The summed E-state index contributed by atoms with van der Waals surface area (Å²) in [4.78, 5) is 28.6. The average Bonchev–Trinajstić information content (AvgIpc) is 2.78. The molecule has 0 aromatic heterocycles. The van der Waals surface area contributed by atoms with Crippen LogP contribution in [-0.4, -0.2) is 43.2 Å². The zero-order chi connectivity index (χ0) is 24.4. The van der Waals surface area contributed by atoms with Crippen LogP contribution < -0.4 is 22.2 Å². The van der Waals surface area contributed by atoms with E-state index in [1.54, 1.807) is 13.3 Å². The van der Waals surface area contributed by atoms with E-state index in [1.807, 2.05) is 24.3 Å². The lowest BCUT2D eigenvalue weighted by atomic mass is 10.0. The summed E-state index contributed by atoms with van der Waals surface area (Å²) in [5.41, 5.74) is 7.67. The molecule has 8 nitrogen and oxygen atoms in total. The number of hydrogen-bond donors (Lipinski definition) is 4. The molecular formula is C23H28ClFN6O2. The summed E-state index contributed by atoms with van der Waals surface area (Å²) < 4.78 is 13.8. The van der Waals surface area contributed by atoms with E-state index in [-0.39, 0.29) is 29.4 Å². The number of hydrogen-bond acceptors (Lipinski definition) is 6. The molecule has 0 spiro atoms. The van der Waals surface area contributed by atoms with Crippen LogP contribution in [0.3, 0.4) is 0 Å². The molecule has 2 aromatic rings. The molecule has 0 bridgehead atoms. The second-order valence-corrected chi connectivity index (χ2v) is 7.59. The van der Waals surface area contributed by atoms with Crippen LogP contribution in [0.15, 0.2) is 59.4 Å². The molecule has 0 aliphatic heterocycles. The summed E-state index contributed by atoms with van der Waals surface area (Å²) in [6.07, 6.45) is 3.78. The van der Waals surface area contributed by atoms with Gasteiger partial charge in [0.05, 0.1) is 18.2 Å². The van der Waals surface area contributed by atoms with E-state index in [2.05, 4.69) is 22.5 Å². The predicted octanol–water partition coefficient (Wildman–Crippen LogP) is 2.31. The average molecular weight is 475 g/mol. The van der Waals surface area contributed by atoms with Gasteiger partial charge in [0.2, 0.25) is 0 Å². The first-order valence-electron chi connectivity index (χ1n) is 10.3.